The second kappa shape index (κ2) is 10.0. The van der Waals surface area contributed by atoms with Crippen molar-refractivity contribution in [3.63, 3.8) is 0 Å². The Morgan fingerprint density at radius 3 is 2.69 bits per heavy atom. The molecule has 10 nitrogen and oxygen atoms in total. The van der Waals surface area contributed by atoms with Crippen LogP contribution >= 0.6 is 11.6 Å². The molecule has 0 radical (unpaired) electrons. The fourth-order valence-corrected chi connectivity index (χ4v) is 5.64. The van der Waals surface area contributed by atoms with Crippen LogP contribution in [-0.4, -0.2) is 72.6 Å². The minimum atomic E-state index is -0.202. The van der Waals surface area contributed by atoms with E-state index in [0.717, 1.165) is 41.8 Å². The van der Waals surface area contributed by atoms with E-state index in [4.69, 9.17) is 22.1 Å². The molecule has 0 aliphatic carbocycles. The number of amides is 1. The van der Waals surface area contributed by atoms with Crippen molar-refractivity contribution in [2.45, 2.75) is 51.6 Å². The predicted octanol–water partition coefficient (Wildman–Crippen LogP) is 2.02. The van der Waals surface area contributed by atoms with Gasteiger partial charge in [-0.1, -0.05) is 11.6 Å². The first-order valence-corrected chi connectivity index (χ1v) is 12.3. The summed E-state index contributed by atoms with van der Waals surface area (Å²) in [6.07, 6.45) is 3.72. The average molecular weight is 504 g/mol. The van der Waals surface area contributed by atoms with Gasteiger partial charge in [0.15, 0.2) is 6.20 Å². The number of hydrogen-bond acceptors (Lipinski definition) is 8. The van der Waals surface area contributed by atoms with Crippen molar-refractivity contribution in [1.29, 1.82) is 0 Å². The standard InChI is InChI=1S/C24H34ClN7O3/c1-14-11-32(34)18(15(2)21(14)35-5)13-31-12-16(20-22(25)27-24(26)28-23(20)31)10-19(33)30(4)17-6-8-29(3)9-7-17/h11,16-17H,6-10,12-13H2,1-5H3,(H2,26,27,28). The molecule has 2 aliphatic heterocycles. The summed E-state index contributed by atoms with van der Waals surface area (Å²) < 4.78 is 6.38. The molecule has 2 aromatic heterocycles. The molecular weight excluding hydrogens is 470 g/mol. The van der Waals surface area contributed by atoms with E-state index in [1.807, 2.05) is 30.7 Å². The summed E-state index contributed by atoms with van der Waals surface area (Å²) in [5, 5.41) is 13.0. The van der Waals surface area contributed by atoms with Crippen LogP contribution in [0.5, 0.6) is 5.75 Å². The number of pyridine rings is 1. The number of carbonyl (C=O) groups excluding carboxylic acids is 1. The van der Waals surface area contributed by atoms with Gasteiger partial charge in [-0.05, 0) is 46.8 Å². The highest BCUT2D eigenvalue weighted by Gasteiger charge is 2.37. The van der Waals surface area contributed by atoms with Gasteiger partial charge in [-0.2, -0.15) is 9.71 Å². The first-order chi connectivity index (χ1) is 16.6. The Hall–Kier alpha value is -2.85. The number of rotatable bonds is 6. The lowest BCUT2D eigenvalue weighted by Crippen LogP contribution is -2.44. The van der Waals surface area contributed by atoms with Crippen LogP contribution < -0.4 is 20.1 Å². The summed E-state index contributed by atoms with van der Waals surface area (Å²) in [6.45, 7) is 6.43. The van der Waals surface area contributed by atoms with Crippen molar-refractivity contribution in [3.05, 3.63) is 38.9 Å². The second-order valence-corrected chi connectivity index (χ2v) is 10.0. The summed E-state index contributed by atoms with van der Waals surface area (Å²) in [5.41, 5.74) is 8.70. The van der Waals surface area contributed by atoms with E-state index in [2.05, 4.69) is 21.9 Å². The van der Waals surface area contributed by atoms with Gasteiger partial charge in [-0.25, -0.2) is 4.98 Å². The number of likely N-dealkylation sites (tertiary alicyclic amines) is 1. The number of fused-ring (bicyclic) bond motifs is 1. The Morgan fingerprint density at radius 2 is 2.03 bits per heavy atom. The zero-order valence-corrected chi connectivity index (χ0v) is 21.8. The smallest absolute Gasteiger partial charge is 0.223 e. The van der Waals surface area contributed by atoms with Crippen molar-refractivity contribution < 1.29 is 14.3 Å². The van der Waals surface area contributed by atoms with Gasteiger partial charge in [0.25, 0.3) is 0 Å². The van der Waals surface area contributed by atoms with E-state index in [1.54, 1.807) is 7.11 Å². The largest absolute Gasteiger partial charge is 0.618 e. The number of aryl methyl sites for hydroxylation is 1. The number of anilines is 2. The summed E-state index contributed by atoms with van der Waals surface area (Å²) in [6, 6.07) is 0.232. The van der Waals surface area contributed by atoms with Crippen molar-refractivity contribution in [1.82, 2.24) is 19.8 Å². The van der Waals surface area contributed by atoms with Gasteiger partial charge in [0.2, 0.25) is 17.5 Å². The van der Waals surface area contributed by atoms with Gasteiger partial charge in [0, 0.05) is 37.5 Å². The zero-order valence-electron chi connectivity index (χ0n) is 21.0. The van der Waals surface area contributed by atoms with Crippen LogP contribution in [0.25, 0.3) is 0 Å². The van der Waals surface area contributed by atoms with E-state index < -0.39 is 0 Å². The van der Waals surface area contributed by atoms with E-state index >= 15 is 0 Å². The molecule has 0 saturated carbocycles. The number of piperidine rings is 1. The molecule has 1 amide bonds. The summed E-state index contributed by atoms with van der Waals surface area (Å²) >= 11 is 6.52. The van der Waals surface area contributed by atoms with E-state index in [1.165, 1.54) is 6.20 Å². The highest BCUT2D eigenvalue weighted by molar-refractivity contribution is 6.30. The minimum absolute atomic E-state index is 0.0578. The van der Waals surface area contributed by atoms with Gasteiger partial charge in [-0.3, -0.25) is 4.79 Å². The van der Waals surface area contributed by atoms with Gasteiger partial charge < -0.3 is 30.4 Å². The van der Waals surface area contributed by atoms with Gasteiger partial charge in [0.1, 0.15) is 23.3 Å². The van der Waals surface area contributed by atoms with Crippen molar-refractivity contribution in [2.24, 2.45) is 0 Å². The molecule has 4 rings (SSSR count). The van der Waals surface area contributed by atoms with Crippen LogP contribution in [0.2, 0.25) is 5.15 Å². The molecule has 2 aliphatic rings. The summed E-state index contributed by atoms with van der Waals surface area (Å²) in [5.74, 6) is 1.17. The summed E-state index contributed by atoms with van der Waals surface area (Å²) in [4.78, 5) is 28.0. The van der Waals surface area contributed by atoms with Gasteiger partial charge >= 0.3 is 0 Å². The number of aromatic nitrogens is 3. The fourth-order valence-electron chi connectivity index (χ4n) is 5.32. The van der Waals surface area contributed by atoms with Gasteiger partial charge in [0.05, 0.1) is 18.2 Å². The Kier molecular flexibility index (Phi) is 7.23. The highest BCUT2D eigenvalue weighted by atomic mass is 35.5. The Labute approximate surface area is 211 Å². The molecule has 2 N–H and O–H groups in total. The molecule has 35 heavy (non-hydrogen) atoms. The van der Waals surface area contributed by atoms with Crippen LogP contribution in [0.15, 0.2) is 6.20 Å². The molecule has 4 heterocycles. The summed E-state index contributed by atoms with van der Waals surface area (Å²) in [7, 11) is 5.58. The third-order valence-electron chi connectivity index (χ3n) is 7.35. The highest BCUT2D eigenvalue weighted by Crippen LogP contribution is 2.42. The van der Waals surface area contributed by atoms with Crippen LogP contribution in [0.4, 0.5) is 11.8 Å². The van der Waals surface area contributed by atoms with Crippen LogP contribution in [0.1, 0.15) is 47.6 Å². The minimum Gasteiger partial charge on any atom is -0.618 e. The normalized spacial score (nSPS) is 18.6. The number of carbonyl (C=O) groups is 1. The first kappa shape index (κ1) is 25.2. The number of nitrogen functional groups attached to an aromatic ring is 1. The number of methoxy groups -OCH3 is 1. The number of nitrogens with two attached hydrogens (primary N) is 1. The number of ether oxygens (including phenoxy) is 1. The maximum absolute atomic E-state index is 13.3. The second-order valence-electron chi connectivity index (χ2n) is 9.67. The Balaban J connectivity index is 1.59. The number of hydrogen-bond donors (Lipinski definition) is 1. The quantitative estimate of drug-likeness (QED) is 0.361. The van der Waals surface area contributed by atoms with E-state index in [0.29, 0.717) is 29.4 Å². The molecule has 1 atom stereocenters. The first-order valence-electron chi connectivity index (χ1n) is 11.9. The van der Waals surface area contributed by atoms with E-state index in [9.17, 15) is 10.0 Å². The van der Waals surface area contributed by atoms with E-state index in [-0.39, 0.29) is 41.9 Å². The Morgan fingerprint density at radius 1 is 1.34 bits per heavy atom. The van der Waals surface area contributed by atoms with Crippen LogP contribution in [0.3, 0.4) is 0 Å². The maximum atomic E-state index is 13.3. The molecule has 2 aromatic rings. The fraction of sp³-hybridized carbons (Fsp3) is 0.583. The molecule has 1 saturated heterocycles. The number of nitrogens with zero attached hydrogens (tertiary/aromatic N) is 6. The predicted molar refractivity (Wildman–Crippen MR) is 135 cm³/mol. The lowest BCUT2D eigenvalue weighted by Gasteiger charge is -2.35. The third-order valence-corrected chi connectivity index (χ3v) is 7.64. The average Bonchev–Trinajstić information content (AvgIpc) is 3.13. The topological polar surface area (TPSA) is 115 Å². The lowest BCUT2D eigenvalue weighted by atomic mass is 9.98. The zero-order chi connectivity index (χ0) is 25.4. The molecule has 1 unspecified atom stereocenters. The molecule has 0 bridgehead atoms. The van der Waals surface area contributed by atoms with Crippen LogP contribution in [0, 0.1) is 19.1 Å². The van der Waals surface area contributed by atoms with Crippen molar-refractivity contribution in [2.75, 3.05) is 51.5 Å². The molecule has 0 spiro atoms. The molecule has 190 valence electrons. The maximum Gasteiger partial charge on any atom is 0.223 e. The number of halogens is 1. The monoisotopic (exact) mass is 503 g/mol. The third kappa shape index (κ3) is 4.95. The lowest BCUT2D eigenvalue weighted by molar-refractivity contribution is -0.614. The van der Waals surface area contributed by atoms with Gasteiger partial charge in [-0.15, -0.1) is 0 Å². The molecule has 11 heteroatoms. The van der Waals surface area contributed by atoms with Crippen molar-refractivity contribution >= 4 is 29.3 Å². The van der Waals surface area contributed by atoms with Crippen molar-refractivity contribution in [3.8, 4) is 5.75 Å². The molecule has 0 aromatic carbocycles. The molecule has 1 fully saturated rings. The van der Waals surface area contributed by atoms with Crippen LogP contribution in [-0.2, 0) is 11.3 Å². The SMILES string of the molecule is COc1c(C)c[n+]([O-])c(CN2CC(CC(=O)N(C)C3CCN(C)CC3)c3c(Cl)nc(N)nc32)c1C. The Bertz CT molecular complexity index is 1120. The molecular formula is C24H34ClN7O3.